The van der Waals surface area contributed by atoms with E-state index in [0.717, 1.165) is 6.07 Å². The first-order valence-corrected chi connectivity index (χ1v) is 9.22. The molecule has 0 saturated carbocycles. The molecule has 9 heteroatoms. The number of fused-ring (bicyclic) bond motifs is 1. The van der Waals surface area contributed by atoms with Gasteiger partial charge in [-0.05, 0) is 24.6 Å². The molecule has 128 valence electrons. The van der Waals surface area contributed by atoms with Crippen molar-refractivity contribution in [2.24, 2.45) is 7.05 Å². The van der Waals surface area contributed by atoms with Crippen molar-refractivity contribution in [3.8, 4) is 0 Å². The van der Waals surface area contributed by atoms with Gasteiger partial charge in [0.15, 0.2) is 0 Å². The molecule has 0 spiro atoms. The Bertz CT molecular complexity index is 959. The molecule has 2 heterocycles. The van der Waals surface area contributed by atoms with Crippen LogP contribution in [-0.2, 0) is 35.8 Å². The molecule has 0 radical (unpaired) electrons. The second-order valence-electron chi connectivity index (χ2n) is 5.66. The summed E-state index contributed by atoms with van der Waals surface area (Å²) in [7, 11) is -2.16. The molecular formula is C15H15ClFN3O3S. The van der Waals surface area contributed by atoms with E-state index in [0.29, 0.717) is 11.3 Å². The molecule has 1 aromatic carbocycles. The third kappa shape index (κ3) is 3.22. The van der Waals surface area contributed by atoms with Gasteiger partial charge in [0.25, 0.3) is 5.56 Å². The SMILES string of the molecule is Cn1cnc2c(c1=O)CCN(S(=O)(=O)Cc1cc(Cl)ccc1F)C2. The predicted octanol–water partition coefficient (Wildman–Crippen LogP) is 1.46. The fourth-order valence-corrected chi connectivity index (χ4v) is 4.35. The second kappa shape index (κ2) is 6.27. The summed E-state index contributed by atoms with van der Waals surface area (Å²) in [5.74, 6) is -1.10. The molecule has 24 heavy (non-hydrogen) atoms. The van der Waals surface area contributed by atoms with E-state index < -0.39 is 21.6 Å². The van der Waals surface area contributed by atoms with Crippen LogP contribution in [0, 0.1) is 5.82 Å². The van der Waals surface area contributed by atoms with E-state index in [1.54, 1.807) is 7.05 Å². The first-order chi connectivity index (χ1) is 11.3. The van der Waals surface area contributed by atoms with Crippen LogP contribution in [0.3, 0.4) is 0 Å². The highest BCUT2D eigenvalue weighted by atomic mass is 35.5. The summed E-state index contributed by atoms with van der Waals surface area (Å²) in [4.78, 5) is 16.2. The normalized spacial score (nSPS) is 15.3. The number of hydrogen-bond donors (Lipinski definition) is 0. The molecule has 0 amide bonds. The van der Waals surface area contributed by atoms with Gasteiger partial charge in [-0.15, -0.1) is 0 Å². The van der Waals surface area contributed by atoms with Gasteiger partial charge in [0, 0.05) is 29.7 Å². The molecule has 0 bridgehead atoms. The predicted molar refractivity (Wildman–Crippen MR) is 87.6 cm³/mol. The van der Waals surface area contributed by atoms with Crippen molar-refractivity contribution in [1.29, 1.82) is 0 Å². The maximum absolute atomic E-state index is 13.8. The number of aryl methyl sites for hydroxylation is 1. The van der Waals surface area contributed by atoms with E-state index in [1.165, 1.54) is 27.3 Å². The van der Waals surface area contributed by atoms with Gasteiger partial charge in [0.05, 0.1) is 24.3 Å². The average molecular weight is 372 g/mol. The summed E-state index contributed by atoms with van der Waals surface area (Å²) in [5, 5.41) is 0.274. The summed E-state index contributed by atoms with van der Waals surface area (Å²) in [6.45, 7) is 0.175. The van der Waals surface area contributed by atoms with Gasteiger partial charge in [0.1, 0.15) is 5.82 Å². The molecule has 1 aliphatic rings. The Balaban J connectivity index is 1.87. The lowest BCUT2D eigenvalue weighted by Gasteiger charge is -2.27. The van der Waals surface area contributed by atoms with Crippen molar-refractivity contribution >= 4 is 21.6 Å². The minimum Gasteiger partial charge on any atom is -0.302 e. The van der Waals surface area contributed by atoms with Crippen LogP contribution in [0.25, 0.3) is 0 Å². The quantitative estimate of drug-likeness (QED) is 0.818. The van der Waals surface area contributed by atoms with Crippen molar-refractivity contribution in [2.75, 3.05) is 6.54 Å². The Morgan fingerprint density at radius 3 is 2.88 bits per heavy atom. The highest BCUT2D eigenvalue weighted by molar-refractivity contribution is 7.88. The summed E-state index contributed by atoms with van der Waals surface area (Å²) >= 11 is 5.81. The molecule has 0 atom stereocenters. The van der Waals surface area contributed by atoms with E-state index in [4.69, 9.17) is 11.6 Å². The number of hydrogen-bond acceptors (Lipinski definition) is 4. The zero-order valence-electron chi connectivity index (χ0n) is 12.9. The molecule has 0 unspecified atom stereocenters. The van der Waals surface area contributed by atoms with Crippen LogP contribution >= 0.6 is 11.6 Å². The first-order valence-electron chi connectivity index (χ1n) is 7.23. The van der Waals surface area contributed by atoms with Crippen LogP contribution in [0.1, 0.15) is 16.8 Å². The first kappa shape index (κ1) is 17.1. The Morgan fingerprint density at radius 1 is 1.38 bits per heavy atom. The van der Waals surface area contributed by atoms with Crippen LogP contribution in [0.4, 0.5) is 4.39 Å². The van der Waals surface area contributed by atoms with E-state index in [9.17, 15) is 17.6 Å². The van der Waals surface area contributed by atoms with E-state index >= 15 is 0 Å². The Kier molecular flexibility index (Phi) is 4.46. The molecule has 1 aromatic heterocycles. The minimum absolute atomic E-state index is 0.00985. The van der Waals surface area contributed by atoms with E-state index in [-0.39, 0.29) is 35.7 Å². The topological polar surface area (TPSA) is 72.3 Å². The molecule has 0 N–H and O–H groups in total. The van der Waals surface area contributed by atoms with Gasteiger partial charge in [-0.25, -0.2) is 17.8 Å². The van der Waals surface area contributed by atoms with Gasteiger partial charge < -0.3 is 4.57 Å². The van der Waals surface area contributed by atoms with Gasteiger partial charge in [-0.2, -0.15) is 4.31 Å². The fraction of sp³-hybridized carbons (Fsp3) is 0.333. The van der Waals surface area contributed by atoms with Gasteiger partial charge in [-0.1, -0.05) is 11.6 Å². The van der Waals surface area contributed by atoms with Crippen molar-refractivity contribution in [3.63, 3.8) is 0 Å². The zero-order valence-corrected chi connectivity index (χ0v) is 14.4. The third-order valence-corrected chi connectivity index (χ3v) is 6.00. The summed E-state index contributed by atoms with van der Waals surface area (Å²) < 4.78 is 41.6. The number of halogens is 2. The molecular weight excluding hydrogens is 357 g/mol. The molecule has 2 aromatic rings. The van der Waals surface area contributed by atoms with Crippen molar-refractivity contribution in [2.45, 2.75) is 18.7 Å². The number of nitrogens with zero attached hydrogens (tertiary/aromatic N) is 3. The van der Waals surface area contributed by atoms with Gasteiger partial charge >= 0.3 is 0 Å². The fourth-order valence-electron chi connectivity index (χ4n) is 2.67. The maximum Gasteiger partial charge on any atom is 0.256 e. The standard InChI is InChI=1S/C15H15ClFN3O3S/c1-19-9-18-14-7-20(5-4-12(14)15(19)21)24(22,23)8-10-6-11(16)2-3-13(10)17/h2-3,6,9H,4-5,7-8H2,1H3. The van der Waals surface area contributed by atoms with Crippen LogP contribution in [0.2, 0.25) is 5.02 Å². The highest BCUT2D eigenvalue weighted by Crippen LogP contribution is 2.22. The van der Waals surface area contributed by atoms with Crippen molar-refractivity contribution in [3.05, 3.63) is 62.5 Å². The number of rotatable bonds is 3. The molecule has 6 nitrogen and oxygen atoms in total. The number of aromatic nitrogens is 2. The second-order valence-corrected chi connectivity index (χ2v) is 8.07. The van der Waals surface area contributed by atoms with Crippen molar-refractivity contribution < 1.29 is 12.8 Å². The van der Waals surface area contributed by atoms with Crippen molar-refractivity contribution in [1.82, 2.24) is 13.9 Å². The van der Waals surface area contributed by atoms with Gasteiger partial charge in [-0.3, -0.25) is 4.79 Å². The van der Waals surface area contributed by atoms with Crippen LogP contribution in [0.15, 0.2) is 29.3 Å². The molecule has 3 rings (SSSR count). The van der Waals surface area contributed by atoms with E-state index in [2.05, 4.69) is 4.98 Å². The zero-order chi connectivity index (χ0) is 17.5. The Labute approximate surface area is 143 Å². The largest absolute Gasteiger partial charge is 0.302 e. The summed E-state index contributed by atoms with van der Waals surface area (Å²) in [6, 6.07) is 3.81. The van der Waals surface area contributed by atoms with Crippen LogP contribution in [0.5, 0.6) is 0 Å². The lowest BCUT2D eigenvalue weighted by atomic mass is 10.1. The Morgan fingerprint density at radius 2 is 2.12 bits per heavy atom. The lowest BCUT2D eigenvalue weighted by molar-refractivity contribution is 0.381. The van der Waals surface area contributed by atoms with Crippen LogP contribution in [-0.4, -0.2) is 28.8 Å². The molecule has 0 saturated heterocycles. The van der Waals surface area contributed by atoms with Gasteiger partial charge in [0.2, 0.25) is 10.0 Å². The molecule has 0 aliphatic carbocycles. The van der Waals surface area contributed by atoms with Crippen LogP contribution < -0.4 is 5.56 Å². The monoisotopic (exact) mass is 371 g/mol. The average Bonchev–Trinajstić information content (AvgIpc) is 2.54. The maximum atomic E-state index is 13.8. The smallest absolute Gasteiger partial charge is 0.256 e. The molecule has 1 aliphatic heterocycles. The van der Waals surface area contributed by atoms with E-state index in [1.807, 2.05) is 0 Å². The number of benzene rings is 1. The minimum atomic E-state index is -3.76. The summed E-state index contributed by atoms with van der Waals surface area (Å²) in [6.07, 6.45) is 1.65. The highest BCUT2D eigenvalue weighted by Gasteiger charge is 2.29. The Hall–Kier alpha value is -1.77. The molecule has 0 fully saturated rings. The number of sulfonamides is 1. The third-order valence-electron chi connectivity index (χ3n) is 3.99. The summed E-state index contributed by atoms with van der Waals surface area (Å²) in [5.41, 5.74) is 0.822. The lowest BCUT2D eigenvalue weighted by Crippen LogP contribution is -2.40.